The Balaban J connectivity index is 0.000000232. The van der Waals surface area contributed by atoms with Gasteiger partial charge in [-0.25, -0.2) is 9.59 Å². The molecule has 16 heteroatoms. The quantitative estimate of drug-likeness (QED) is 0.111. The molecule has 0 spiro atoms. The number of ether oxygens (including phenoxy) is 1. The zero-order valence-electron chi connectivity index (χ0n) is 34.7. The lowest BCUT2D eigenvalue weighted by Gasteiger charge is -2.14. The smallest absolute Gasteiger partial charge is 0.352 e. The van der Waals surface area contributed by atoms with Crippen LogP contribution in [0.2, 0.25) is 0 Å². The minimum atomic E-state index is -1.33. The summed E-state index contributed by atoms with van der Waals surface area (Å²) in [4.78, 5) is 53.9. The van der Waals surface area contributed by atoms with Gasteiger partial charge in [0.15, 0.2) is 11.1 Å². The number of carbonyl (C=O) groups is 2. The second kappa shape index (κ2) is 23.1. The third-order valence-electron chi connectivity index (χ3n) is 10.3. The summed E-state index contributed by atoms with van der Waals surface area (Å²) >= 11 is 2.10. The second-order valence-corrected chi connectivity index (χ2v) is 16.4. The Morgan fingerprint density at radius 3 is 1.61 bits per heavy atom. The number of esters is 1. The van der Waals surface area contributed by atoms with Crippen molar-refractivity contribution >= 4 is 69.5 Å². The summed E-state index contributed by atoms with van der Waals surface area (Å²) in [5.74, 6) is -2.10. The Bertz CT molecular complexity index is 2650. The van der Waals surface area contributed by atoms with Crippen LogP contribution in [0.4, 0.5) is 11.4 Å². The van der Waals surface area contributed by atoms with Crippen molar-refractivity contribution in [1.82, 2.24) is 18.9 Å². The van der Waals surface area contributed by atoms with E-state index in [1.165, 1.54) is 78.2 Å². The number of aromatic nitrogens is 2. The summed E-state index contributed by atoms with van der Waals surface area (Å²) in [6, 6.07) is 19.7. The van der Waals surface area contributed by atoms with Crippen molar-refractivity contribution in [3.8, 4) is 12.1 Å². The number of nitrogens with one attached hydrogen (secondary N) is 2. The number of thiazole rings is 2. The van der Waals surface area contributed by atoms with Gasteiger partial charge in [-0.15, -0.1) is 22.7 Å². The maximum Gasteiger partial charge on any atom is 0.352 e. The molecule has 0 bridgehead atoms. The molecule has 4 aromatic rings. The number of aliphatic carboxylic acids is 1. The molecule has 0 saturated carbocycles. The Morgan fingerprint density at radius 2 is 1.21 bits per heavy atom. The first-order chi connectivity index (χ1) is 29.6. The van der Waals surface area contributed by atoms with E-state index < -0.39 is 17.5 Å². The van der Waals surface area contributed by atoms with Crippen molar-refractivity contribution in [2.45, 2.75) is 65.5 Å². The van der Waals surface area contributed by atoms with Crippen LogP contribution >= 0.6 is 22.7 Å². The average molecular weight is 865 g/mol. The summed E-state index contributed by atoms with van der Waals surface area (Å²) in [7, 11) is 0. The molecular weight excluding hydrogens is 813 g/mol. The van der Waals surface area contributed by atoms with Crippen molar-refractivity contribution < 1.29 is 19.4 Å². The Hall–Kier alpha value is -6.04. The van der Waals surface area contributed by atoms with Gasteiger partial charge in [-0.2, -0.15) is 10.5 Å². The van der Waals surface area contributed by atoms with Crippen LogP contribution in [-0.2, 0) is 40.3 Å². The van der Waals surface area contributed by atoms with Crippen LogP contribution in [-0.4, -0.2) is 81.9 Å². The maximum atomic E-state index is 12.8. The third kappa shape index (κ3) is 12.5. The van der Waals surface area contributed by atoms with Crippen molar-refractivity contribution in [2.75, 3.05) is 56.5 Å². The van der Waals surface area contributed by atoms with Gasteiger partial charge >= 0.3 is 11.9 Å². The fraction of sp³-hybridized carbons (Fsp3) is 0.378. The SMILES string of the molecule is C=CCOC(=O)C(C#N)=c1sc(=CNc2cccc(CCN3CCCC3)c2)c(=O)n1CC.CCn1c(=C(C#N)C(=O)O)sc(=CNc2cccc(CCN3CCCC3)c2)c1=O. The number of hydrogen-bond acceptors (Lipinski definition) is 13. The largest absolute Gasteiger partial charge is 0.477 e. The lowest BCUT2D eigenvalue weighted by Crippen LogP contribution is -2.32. The molecule has 2 aromatic heterocycles. The average Bonchev–Trinajstić information content (AvgIpc) is 4.10. The van der Waals surface area contributed by atoms with Gasteiger partial charge in [0.2, 0.25) is 0 Å². The summed E-state index contributed by atoms with van der Waals surface area (Å²) in [5.41, 5.74) is 3.04. The number of hydrogen-bond donors (Lipinski definition) is 3. The monoisotopic (exact) mass is 864 g/mol. The van der Waals surface area contributed by atoms with E-state index in [0.717, 1.165) is 60.0 Å². The molecule has 0 radical (unpaired) electrons. The van der Waals surface area contributed by atoms with Crippen molar-refractivity contribution in [2.24, 2.45) is 0 Å². The van der Waals surface area contributed by atoms with Crippen LogP contribution in [0, 0.1) is 22.7 Å². The van der Waals surface area contributed by atoms with Crippen LogP contribution in [0.5, 0.6) is 0 Å². The van der Waals surface area contributed by atoms with E-state index in [1.807, 2.05) is 30.3 Å². The minimum absolute atomic E-state index is 0.000381. The maximum absolute atomic E-state index is 12.8. The normalized spacial score (nSPS) is 15.6. The molecule has 61 heavy (non-hydrogen) atoms. The number of benzene rings is 2. The molecule has 2 aliphatic rings. The fourth-order valence-corrected chi connectivity index (χ4v) is 9.24. The van der Waals surface area contributed by atoms with Crippen LogP contribution in [0.15, 0.2) is 70.8 Å². The van der Waals surface area contributed by atoms with E-state index in [2.05, 4.69) is 51.3 Å². The van der Waals surface area contributed by atoms with E-state index in [9.17, 15) is 29.5 Å². The van der Waals surface area contributed by atoms with Gasteiger partial charge in [0, 0.05) is 50.0 Å². The highest BCUT2D eigenvalue weighted by molar-refractivity contribution is 7.08. The highest BCUT2D eigenvalue weighted by atomic mass is 32.1. The van der Waals surface area contributed by atoms with Crippen molar-refractivity contribution in [3.63, 3.8) is 0 Å². The highest BCUT2D eigenvalue weighted by Crippen LogP contribution is 2.15. The Kier molecular flexibility index (Phi) is 17.4. The van der Waals surface area contributed by atoms with Gasteiger partial charge in [-0.3, -0.25) is 18.7 Å². The Morgan fingerprint density at radius 1 is 0.770 bits per heavy atom. The van der Waals surface area contributed by atoms with Gasteiger partial charge in [0.05, 0.1) is 0 Å². The number of anilines is 2. The summed E-state index contributed by atoms with van der Waals surface area (Å²) in [6.45, 7) is 14.5. The zero-order valence-corrected chi connectivity index (χ0v) is 36.3. The number of carboxylic acid groups (broad SMARTS) is 1. The molecule has 6 rings (SSSR count). The first-order valence-electron chi connectivity index (χ1n) is 20.5. The first kappa shape index (κ1) is 46.0. The summed E-state index contributed by atoms with van der Waals surface area (Å²) < 4.78 is 8.96. The molecule has 2 fully saturated rings. The Labute approximate surface area is 362 Å². The van der Waals surface area contributed by atoms with Gasteiger partial charge in [0.1, 0.15) is 37.1 Å². The van der Waals surface area contributed by atoms with E-state index in [-0.39, 0.29) is 28.0 Å². The lowest BCUT2D eigenvalue weighted by molar-refractivity contribution is -0.135. The molecule has 3 N–H and O–H groups in total. The molecule has 2 aliphatic heterocycles. The highest BCUT2D eigenvalue weighted by Gasteiger charge is 2.17. The lowest BCUT2D eigenvalue weighted by atomic mass is 10.1. The predicted molar refractivity (Wildman–Crippen MR) is 242 cm³/mol. The molecule has 2 aromatic carbocycles. The van der Waals surface area contributed by atoms with Crippen LogP contribution in [0.1, 0.15) is 50.7 Å². The van der Waals surface area contributed by atoms with E-state index >= 15 is 0 Å². The number of likely N-dealkylation sites (tertiary alicyclic amines) is 2. The van der Waals surface area contributed by atoms with Crippen LogP contribution < -0.4 is 40.1 Å². The summed E-state index contributed by atoms with van der Waals surface area (Å²) in [5, 5.41) is 34.2. The van der Waals surface area contributed by atoms with Gasteiger partial charge in [-0.1, -0.05) is 36.9 Å². The number of carbonyl (C=O) groups excluding carboxylic acids is 1. The summed E-state index contributed by atoms with van der Waals surface area (Å²) in [6.07, 6.45) is 11.7. The van der Waals surface area contributed by atoms with Crippen molar-refractivity contribution in [3.05, 3.63) is 111 Å². The molecule has 14 nitrogen and oxygen atoms in total. The van der Waals surface area contributed by atoms with Gasteiger partial charge in [0.25, 0.3) is 11.1 Å². The third-order valence-corrected chi connectivity index (χ3v) is 12.5. The van der Waals surface area contributed by atoms with E-state index in [0.29, 0.717) is 26.8 Å². The number of nitriles is 2. The van der Waals surface area contributed by atoms with Crippen LogP contribution in [0.3, 0.4) is 0 Å². The molecule has 0 amide bonds. The molecule has 320 valence electrons. The fourth-order valence-electron chi connectivity index (χ4n) is 7.08. The van der Waals surface area contributed by atoms with Crippen molar-refractivity contribution in [1.29, 1.82) is 10.5 Å². The molecule has 4 heterocycles. The second-order valence-electron chi connectivity index (χ2n) is 14.4. The van der Waals surface area contributed by atoms with Crippen LogP contribution in [0.25, 0.3) is 23.5 Å². The number of nitrogens with zero attached hydrogens (tertiary/aromatic N) is 6. The molecule has 0 atom stereocenters. The van der Waals surface area contributed by atoms with Gasteiger partial charge in [-0.05, 0) is 114 Å². The standard InChI is InChI=1S/C24H28N4O3S.C21H24N4O3S/c1-3-14-31-24(30)20(16-25)23-28(4-2)22(29)21(32-23)17-26-19-9-7-8-18(15-19)10-13-27-11-5-6-12-27;1-2-25-19(26)18(29-20(25)17(13-22)21(27)28)14-23-16-7-5-6-15(12-16)8-11-24-9-3-4-10-24/h3,7-9,15,17,26H,1,4-6,10-14H2,2H3;5-7,12,14,23H,2-4,8-11H2,1H3,(H,27,28). The minimum Gasteiger partial charge on any atom is -0.477 e. The van der Waals surface area contributed by atoms with Gasteiger partial charge < -0.3 is 30.3 Å². The zero-order chi connectivity index (χ0) is 43.7. The van der Waals surface area contributed by atoms with E-state index in [1.54, 1.807) is 32.3 Å². The topological polar surface area (TPSA) is 186 Å². The van der Waals surface area contributed by atoms with E-state index in [4.69, 9.17) is 10.00 Å². The number of carboxylic acids is 1. The first-order valence-corrected chi connectivity index (χ1v) is 22.1. The molecule has 0 aliphatic carbocycles. The molecule has 0 unspecified atom stereocenters. The predicted octanol–water partition coefficient (Wildman–Crippen LogP) is 3.00. The molecular formula is C45H52N8O6S2. The number of rotatable bonds is 16. The molecule has 2 saturated heterocycles.